The number of rotatable bonds is 7. The summed E-state index contributed by atoms with van der Waals surface area (Å²) in [5.41, 5.74) is 0.282. The van der Waals surface area contributed by atoms with Crippen molar-refractivity contribution in [3.8, 4) is 0 Å². The maximum Gasteiger partial charge on any atom is 0.338 e. The van der Waals surface area contributed by atoms with Crippen LogP contribution >= 0.6 is 0 Å². The number of nitrogens with one attached hydrogen (secondary N) is 1. The maximum atomic E-state index is 12.8. The summed E-state index contributed by atoms with van der Waals surface area (Å²) in [5, 5.41) is 35.8. The van der Waals surface area contributed by atoms with Crippen molar-refractivity contribution in [1.29, 1.82) is 0 Å². The number of nitro groups is 1. The SMILES string of the molecule is C=CC(=O)Nc1ccc(N2N=C(C)C(N=Nc3ccc([N+](=O)[O-])cc3C(=O)O)C2=O)cc1. The molecule has 1 atom stereocenters. The van der Waals surface area contributed by atoms with Gasteiger partial charge in [-0.15, -0.1) is 0 Å². The van der Waals surface area contributed by atoms with Crippen LogP contribution in [0, 0.1) is 10.1 Å². The van der Waals surface area contributed by atoms with Crippen molar-refractivity contribution in [2.45, 2.75) is 13.0 Å². The van der Waals surface area contributed by atoms with Crippen LogP contribution in [0.15, 0.2) is 70.4 Å². The molecule has 2 N–H and O–H groups in total. The summed E-state index contributed by atoms with van der Waals surface area (Å²) in [7, 11) is 0. The largest absolute Gasteiger partial charge is 0.478 e. The van der Waals surface area contributed by atoms with E-state index in [4.69, 9.17) is 0 Å². The third-order valence-corrected chi connectivity index (χ3v) is 4.36. The molecule has 0 aliphatic carbocycles. The van der Waals surface area contributed by atoms with Crippen LogP contribution in [0.2, 0.25) is 0 Å². The highest BCUT2D eigenvalue weighted by atomic mass is 16.6. The Labute approximate surface area is 180 Å². The van der Waals surface area contributed by atoms with E-state index in [9.17, 15) is 29.6 Å². The van der Waals surface area contributed by atoms with Gasteiger partial charge < -0.3 is 10.4 Å². The molecule has 0 radical (unpaired) electrons. The Morgan fingerprint density at radius 1 is 1.28 bits per heavy atom. The number of hydrogen-bond acceptors (Lipinski definition) is 8. The Balaban J connectivity index is 1.81. The number of carbonyl (C=O) groups is 3. The number of amides is 2. The molecule has 2 aromatic rings. The Bertz CT molecular complexity index is 1190. The number of anilines is 2. The zero-order valence-corrected chi connectivity index (χ0v) is 16.6. The molecule has 3 rings (SSSR count). The van der Waals surface area contributed by atoms with Gasteiger partial charge in [0.2, 0.25) is 5.91 Å². The quantitative estimate of drug-likeness (QED) is 0.292. The summed E-state index contributed by atoms with van der Waals surface area (Å²) in [6.07, 6.45) is 1.13. The summed E-state index contributed by atoms with van der Waals surface area (Å²) in [4.78, 5) is 45.7. The van der Waals surface area contributed by atoms with Gasteiger partial charge in [-0.3, -0.25) is 19.7 Å². The molecule has 12 heteroatoms. The van der Waals surface area contributed by atoms with E-state index in [1.54, 1.807) is 31.2 Å². The molecule has 32 heavy (non-hydrogen) atoms. The third kappa shape index (κ3) is 4.53. The fourth-order valence-electron chi connectivity index (χ4n) is 2.77. The highest BCUT2D eigenvalue weighted by Crippen LogP contribution is 2.28. The number of nitrogens with zero attached hydrogens (tertiary/aromatic N) is 5. The predicted octanol–water partition coefficient (Wildman–Crippen LogP) is 3.29. The van der Waals surface area contributed by atoms with Gasteiger partial charge in [0.1, 0.15) is 5.69 Å². The molecule has 0 bridgehead atoms. The van der Waals surface area contributed by atoms with Gasteiger partial charge in [0, 0.05) is 17.8 Å². The molecule has 0 aromatic heterocycles. The average Bonchev–Trinajstić information content (AvgIpc) is 3.05. The van der Waals surface area contributed by atoms with Crippen molar-refractivity contribution < 1.29 is 24.4 Å². The minimum atomic E-state index is -1.42. The fraction of sp³-hybridized carbons (Fsp3) is 0.100. The monoisotopic (exact) mass is 436 g/mol. The van der Waals surface area contributed by atoms with E-state index in [2.05, 4.69) is 27.2 Å². The number of azo groups is 1. The van der Waals surface area contributed by atoms with Gasteiger partial charge >= 0.3 is 5.97 Å². The van der Waals surface area contributed by atoms with Crippen LogP contribution in [0.1, 0.15) is 17.3 Å². The van der Waals surface area contributed by atoms with Gasteiger partial charge in [-0.1, -0.05) is 6.58 Å². The van der Waals surface area contributed by atoms with Crippen LogP contribution in [-0.2, 0) is 9.59 Å². The van der Waals surface area contributed by atoms with E-state index in [0.29, 0.717) is 17.1 Å². The smallest absolute Gasteiger partial charge is 0.338 e. The Morgan fingerprint density at radius 3 is 2.56 bits per heavy atom. The molecule has 1 aliphatic heterocycles. The molecule has 2 amide bonds. The van der Waals surface area contributed by atoms with Gasteiger partial charge in [0.15, 0.2) is 6.04 Å². The second kappa shape index (κ2) is 8.95. The van der Waals surface area contributed by atoms with Crippen LogP contribution in [0.5, 0.6) is 0 Å². The van der Waals surface area contributed by atoms with Gasteiger partial charge in [-0.25, -0.2) is 4.79 Å². The minimum Gasteiger partial charge on any atom is -0.478 e. The molecule has 1 unspecified atom stereocenters. The summed E-state index contributed by atoms with van der Waals surface area (Å²) in [6.45, 7) is 4.93. The molecule has 0 saturated heterocycles. The lowest BCUT2D eigenvalue weighted by atomic mass is 10.1. The first-order valence-electron chi connectivity index (χ1n) is 9.06. The van der Waals surface area contributed by atoms with Crippen molar-refractivity contribution in [1.82, 2.24) is 0 Å². The van der Waals surface area contributed by atoms with Gasteiger partial charge in [0.25, 0.3) is 11.6 Å². The van der Waals surface area contributed by atoms with Crippen LogP contribution in [0.25, 0.3) is 0 Å². The number of carboxylic acid groups (broad SMARTS) is 1. The van der Waals surface area contributed by atoms with Crippen molar-refractivity contribution >= 4 is 46.2 Å². The molecule has 12 nitrogen and oxygen atoms in total. The number of benzene rings is 2. The first-order chi connectivity index (χ1) is 15.2. The number of nitro benzene ring substituents is 1. The number of aromatic carboxylic acids is 1. The summed E-state index contributed by atoms with van der Waals surface area (Å²) in [5.74, 6) is -2.32. The summed E-state index contributed by atoms with van der Waals surface area (Å²) < 4.78 is 0. The van der Waals surface area contributed by atoms with Crippen LogP contribution in [-0.4, -0.2) is 39.6 Å². The molecule has 0 fully saturated rings. The molecule has 0 spiro atoms. The zero-order valence-electron chi connectivity index (χ0n) is 16.6. The van der Waals surface area contributed by atoms with E-state index in [-0.39, 0.29) is 11.6 Å². The lowest BCUT2D eigenvalue weighted by Gasteiger charge is -2.13. The van der Waals surface area contributed by atoms with Crippen LogP contribution in [0.3, 0.4) is 0 Å². The standard InChI is InChI=1S/C20H16N6O6/c1-3-17(27)21-12-4-6-13(7-5-12)25-19(28)18(11(2)24-25)23-22-16-9-8-14(26(31)32)10-15(16)20(29)30/h3-10,18H,1H2,2H3,(H,21,27)(H,29,30). The molecule has 162 valence electrons. The van der Waals surface area contributed by atoms with Gasteiger partial charge in [-0.2, -0.15) is 20.3 Å². The number of non-ortho nitro benzene ring substituents is 1. The highest BCUT2D eigenvalue weighted by molar-refractivity contribution is 6.18. The average molecular weight is 436 g/mol. The van der Waals surface area contributed by atoms with E-state index >= 15 is 0 Å². The first kappa shape index (κ1) is 22.0. The lowest BCUT2D eigenvalue weighted by Crippen LogP contribution is -2.29. The van der Waals surface area contributed by atoms with Gasteiger partial charge in [0.05, 0.1) is 21.9 Å². The molecule has 0 saturated carbocycles. The Morgan fingerprint density at radius 2 is 1.97 bits per heavy atom. The van der Waals surface area contributed by atoms with Gasteiger partial charge in [-0.05, 0) is 43.3 Å². The van der Waals surface area contributed by atoms with E-state index in [1.165, 1.54) is 0 Å². The number of carbonyl (C=O) groups excluding carboxylic acids is 2. The maximum absolute atomic E-state index is 12.8. The zero-order chi connectivity index (χ0) is 23.4. The minimum absolute atomic E-state index is 0.135. The second-order valence-corrected chi connectivity index (χ2v) is 6.51. The summed E-state index contributed by atoms with van der Waals surface area (Å²) >= 11 is 0. The highest BCUT2D eigenvalue weighted by Gasteiger charge is 2.35. The number of hydrogen-bond donors (Lipinski definition) is 2. The molecule has 2 aromatic carbocycles. The molecular weight excluding hydrogens is 420 g/mol. The van der Waals surface area contributed by atoms with Crippen molar-refractivity contribution in [2.75, 3.05) is 10.3 Å². The Kier molecular flexibility index (Phi) is 6.14. The van der Waals surface area contributed by atoms with E-state index in [1.807, 2.05) is 0 Å². The third-order valence-electron chi connectivity index (χ3n) is 4.36. The lowest BCUT2D eigenvalue weighted by molar-refractivity contribution is -0.384. The Hall–Kier alpha value is -4.74. The number of carboxylic acids is 1. The summed E-state index contributed by atoms with van der Waals surface area (Å²) in [6, 6.07) is 8.33. The number of hydrazone groups is 1. The topological polar surface area (TPSA) is 167 Å². The van der Waals surface area contributed by atoms with E-state index in [0.717, 1.165) is 29.3 Å². The second-order valence-electron chi connectivity index (χ2n) is 6.51. The molecule has 1 aliphatic rings. The van der Waals surface area contributed by atoms with Crippen LogP contribution < -0.4 is 10.3 Å². The predicted molar refractivity (Wildman–Crippen MR) is 114 cm³/mol. The van der Waals surface area contributed by atoms with Crippen molar-refractivity contribution in [2.24, 2.45) is 15.3 Å². The fourth-order valence-corrected chi connectivity index (χ4v) is 2.77. The molecule has 1 heterocycles. The molecular formula is C20H16N6O6. The van der Waals surface area contributed by atoms with Crippen molar-refractivity contribution in [3.63, 3.8) is 0 Å². The van der Waals surface area contributed by atoms with Crippen molar-refractivity contribution in [3.05, 3.63) is 70.8 Å². The normalized spacial score (nSPS) is 15.5. The van der Waals surface area contributed by atoms with E-state index < -0.39 is 34.1 Å². The first-order valence-corrected chi connectivity index (χ1v) is 9.06. The van der Waals surface area contributed by atoms with Crippen LogP contribution in [0.4, 0.5) is 22.7 Å².